The monoisotopic (exact) mass is 354 g/mol. The van der Waals surface area contributed by atoms with Crippen molar-refractivity contribution in [3.05, 3.63) is 17.7 Å². The number of ether oxygens (including phenoxy) is 4. The van der Waals surface area contributed by atoms with Crippen LogP contribution in [-0.2, 0) is 14.3 Å². The Morgan fingerprint density at radius 1 is 1.16 bits per heavy atom. The standard InChI is InChI=1S/C16H22N2O7/c1-5-24-16(21)9(2)18-15(20)10-6-11(22-3)14(12(7-10)23-4)25-8-13(17)19/h6-7,9H,5,8H2,1-4H3,(H2,17,19)(H,18,20). The Kier molecular flexibility index (Phi) is 7.51. The molecule has 0 saturated carbocycles. The summed E-state index contributed by atoms with van der Waals surface area (Å²) < 4.78 is 20.5. The highest BCUT2D eigenvalue weighted by atomic mass is 16.5. The van der Waals surface area contributed by atoms with E-state index in [9.17, 15) is 14.4 Å². The number of nitrogens with one attached hydrogen (secondary N) is 1. The van der Waals surface area contributed by atoms with E-state index in [0.717, 1.165) is 0 Å². The van der Waals surface area contributed by atoms with Gasteiger partial charge in [-0.15, -0.1) is 0 Å². The van der Waals surface area contributed by atoms with E-state index in [1.54, 1.807) is 6.92 Å². The van der Waals surface area contributed by atoms with Crippen LogP contribution in [-0.4, -0.2) is 51.3 Å². The Bertz CT molecular complexity index is 620. The molecule has 1 atom stereocenters. The maximum atomic E-state index is 12.3. The minimum atomic E-state index is -0.824. The molecule has 0 heterocycles. The van der Waals surface area contributed by atoms with Gasteiger partial charge in [0.25, 0.3) is 11.8 Å². The van der Waals surface area contributed by atoms with Crippen LogP contribution in [0.1, 0.15) is 24.2 Å². The lowest BCUT2D eigenvalue weighted by Gasteiger charge is -2.16. The molecule has 0 aliphatic carbocycles. The van der Waals surface area contributed by atoms with Gasteiger partial charge in [-0.1, -0.05) is 0 Å². The van der Waals surface area contributed by atoms with Gasteiger partial charge in [-0.2, -0.15) is 0 Å². The SMILES string of the molecule is CCOC(=O)C(C)NC(=O)c1cc(OC)c(OCC(N)=O)c(OC)c1. The van der Waals surface area contributed by atoms with Crippen LogP contribution in [0.5, 0.6) is 17.2 Å². The molecule has 1 aromatic carbocycles. The molecule has 1 rings (SSSR count). The predicted molar refractivity (Wildman–Crippen MR) is 87.8 cm³/mol. The summed E-state index contributed by atoms with van der Waals surface area (Å²) in [7, 11) is 2.74. The molecular formula is C16H22N2O7. The smallest absolute Gasteiger partial charge is 0.328 e. The van der Waals surface area contributed by atoms with Gasteiger partial charge in [-0.25, -0.2) is 4.79 Å². The number of primary amides is 1. The molecule has 0 fully saturated rings. The maximum Gasteiger partial charge on any atom is 0.328 e. The molecule has 0 saturated heterocycles. The van der Waals surface area contributed by atoms with Crippen LogP contribution >= 0.6 is 0 Å². The number of amides is 2. The first-order chi connectivity index (χ1) is 11.8. The molecule has 0 radical (unpaired) electrons. The number of hydrogen-bond donors (Lipinski definition) is 2. The zero-order valence-corrected chi connectivity index (χ0v) is 14.6. The molecule has 9 nitrogen and oxygen atoms in total. The van der Waals surface area contributed by atoms with Gasteiger partial charge >= 0.3 is 5.97 Å². The van der Waals surface area contributed by atoms with Gasteiger partial charge in [0, 0.05) is 5.56 Å². The normalized spacial score (nSPS) is 11.2. The van der Waals surface area contributed by atoms with Crippen molar-refractivity contribution < 1.29 is 33.3 Å². The molecule has 0 aliphatic heterocycles. The summed E-state index contributed by atoms with van der Waals surface area (Å²) >= 11 is 0. The highest BCUT2D eigenvalue weighted by molar-refractivity contribution is 5.97. The average molecular weight is 354 g/mol. The predicted octanol–water partition coefficient (Wildman–Crippen LogP) is 0.249. The van der Waals surface area contributed by atoms with Crippen LogP contribution in [0, 0.1) is 0 Å². The summed E-state index contributed by atoms with van der Waals surface area (Å²) in [5.74, 6) is -1.26. The van der Waals surface area contributed by atoms with Crippen molar-refractivity contribution in [1.29, 1.82) is 0 Å². The van der Waals surface area contributed by atoms with Crippen LogP contribution in [0.25, 0.3) is 0 Å². The van der Waals surface area contributed by atoms with Crippen LogP contribution in [0.3, 0.4) is 0 Å². The molecule has 25 heavy (non-hydrogen) atoms. The van der Waals surface area contributed by atoms with E-state index < -0.39 is 23.8 Å². The minimum Gasteiger partial charge on any atom is -0.493 e. The van der Waals surface area contributed by atoms with E-state index in [1.807, 2.05) is 0 Å². The van der Waals surface area contributed by atoms with Gasteiger partial charge in [-0.3, -0.25) is 9.59 Å². The van der Waals surface area contributed by atoms with Crippen molar-refractivity contribution in [1.82, 2.24) is 5.32 Å². The van der Waals surface area contributed by atoms with E-state index in [0.29, 0.717) is 0 Å². The highest BCUT2D eigenvalue weighted by Crippen LogP contribution is 2.38. The van der Waals surface area contributed by atoms with Crippen LogP contribution in [0.4, 0.5) is 0 Å². The topological polar surface area (TPSA) is 126 Å². The molecule has 1 unspecified atom stereocenters. The van der Waals surface area contributed by atoms with Crippen molar-refractivity contribution in [2.75, 3.05) is 27.4 Å². The Hall–Kier alpha value is -2.97. The van der Waals surface area contributed by atoms with Crippen molar-refractivity contribution in [2.45, 2.75) is 19.9 Å². The molecule has 9 heteroatoms. The lowest BCUT2D eigenvalue weighted by atomic mass is 10.1. The zero-order valence-electron chi connectivity index (χ0n) is 14.6. The number of carbonyl (C=O) groups is 3. The molecule has 1 aromatic rings. The van der Waals surface area contributed by atoms with E-state index in [-0.39, 0.29) is 36.0 Å². The maximum absolute atomic E-state index is 12.3. The van der Waals surface area contributed by atoms with Gasteiger partial charge < -0.3 is 30.0 Å². The molecule has 0 aromatic heterocycles. The van der Waals surface area contributed by atoms with Crippen molar-refractivity contribution >= 4 is 17.8 Å². The molecule has 138 valence electrons. The summed E-state index contributed by atoms with van der Waals surface area (Å²) in [6, 6.07) is 1.97. The van der Waals surface area contributed by atoms with Gasteiger partial charge in [-0.05, 0) is 26.0 Å². The number of benzene rings is 1. The van der Waals surface area contributed by atoms with Crippen molar-refractivity contribution in [3.8, 4) is 17.2 Å². The second kappa shape index (κ2) is 9.36. The number of esters is 1. The largest absolute Gasteiger partial charge is 0.493 e. The first-order valence-corrected chi connectivity index (χ1v) is 7.48. The first-order valence-electron chi connectivity index (χ1n) is 7.48. The third-order valence-electron chi connectivity index (χ3n) is 3.07. The second-order valence-corrected chi connectivity index (χ2v) is 4.91. The number of nitrogens with two attached hydrogens (primary N) is 1. The van der Waals surface area contributed by atoms with Crippen LogP contribution in [0.2, 0.25) is 0 Å². The molecule has 0 spiro atoms. The fourth-order valence-electron chi connectivity index (χ4n) is 1.90. The lowest BCUT2D eigenvalue weighted by molar-refractivity contribution is -0.144. The summed E-state index contributed by atoms with van der Waals surface area (Å²) in [6.45, 7) is 3.02. The summed E-state index contributed by atoms with van der Waals surface area (Å²) in [5, 5.41) is 2.51. The van der Waals surface area contributed by atoms with E-state index >= 15 is 0 Å². The molecule has 0 bridgehead atoms. The number of methoxy groups -OCH3 is 2. The molecular weight excluding hydrogens is 332 g/mol. The fourth-order valence-corrected chi connectivity index (χ4v) is 1.90. The number of hydrogen-bond acceptors (Lipinski definition) is 7. The Morgan fingerprint density at radius 3 is 2.16 bits per heavy atom. The van der Waals surface area contributed by atoms with Crippen molar-refractivity contribution in [2.24, 2.45) is 5.73 Å². The van der Waals surface area contributed by atoms with Gasteiger partial charge in [0.15, 0.2) is 18.1 Å². The second-order valence-electron chi connectivity index (χ2n) is 4.91. The average Bonchev–Trinajstić information content (AvgIpc) is 2.58. The quantitative estimate of drug-likeness (QED) is 0.609. The summed E-state index contributed by atoms with van der Waals surface area (Å²) in [4.78, 5) is 34.8. The molecule has 3 N–H and O–H groups in total. The highest BCUT2D eigenvalue weighted by Gasteiger charge is 2.21. The molecule has 0 aliphatic rings. The van der Waals surface area contributed by atoms with Crippen LogP contribution < -0.4 is 25.3 Å². The minimum absolute atomic E-state index is 0.138. The third-order valence-corrected chi connectivity index (χ3v) is 3.07. The van der Waals surface area contributed by atoms with Gasteiger partial charge in [0.2, 0.25) is 5.75 Å². The van der Waals surface area contributed by atoms with Gasteiger partial charge in [0.1, 0.15) is 6.04 Å². The first kappa shape index (κ1) is 20.1. The third kappa shape index (κ3) is 5.55. The summed E-state index contributed by atoms with van der Waals surface area (Å²) in [5.41, 5.74) is 5.23. The summed E-state index contributed by atoms with van der Waals surface area (Å²) in [6.07, 6.45) is 0. The van der Waals surface area contributed by atoms with Gasteiger partial charge in [0.05, 0.1) is 20.8 Å². The zero-order chi connectivity index (χ0) is 19.0. The van der Waals surface area contributed by atoms with Crippen molar-refractivity contribution in [3.63, 3.8) is 0 Å². The number of carbonyl (C=O) groups excluding carboxylic acids is 3. The van der Waals surface area contributed by atoms with E-state index in [1.165, 1.54) is 33.3 Å². The Balaban J connectivity index is 3.06. The lowest BCUT2D eigenvalue weighted by Crippen LogP contribution is -2.39. The Labute approximate surface area is 145 Å². The van der Waals surface area contributed by atoms with E-state index in [4.69, 9.17) is 24.7 Å². The molecule has 2 amide bonds. The number of rotatable bonds is 9. The Morgan fingerprint density at radius 2 is 1.72 bits per heavy atom. The fraction of sp³-hybridized carbons (Fsp3) is 0.438. The van der Waals surface area contributed by atoms with Crippen LogP contribution in [0.15, 0.2) is 12.1 Å². The van der Waals surface area contributed by atoms with E-state index in [2.05, 4.69) is 5.32 Å².